The fraction of sp³-hybridized carbons (Fsp3) is 0.258. The smallest absolute Gasteiger partial charge is 0.265 e. The summed E-state index contributed by atoms with van der Waals surface area (Å²) in [5.74, 6) is -0.524. The van der Waals surface area contributed by atoms with Crippen molar-refractivity contribution >= 4 is 11.6 Å². The first-order valence-corrected chi connectivity index (χ1v) is 12.9. The highest BCUT2D eigenvalue weighted by atomic mass is 19.1. The second-order valence-electron chi connectivity index (χ2n) is 9.74. The highest BCUT2D eigenvalue weighted by molar-refractivity contribution is 6.04. The van der Waals surface area contributed by atoms with Crippen molar-refractivity contribution in [1.29, 1.82) is 0 Å². The Morgan fingerprint density at radius 1 is 1.10 bits per heavy atom. The van der Waals surface area contributed by atoms with E-state index in [2.05, 4.69) is 15.6 Å². The highest BCUT2D eigenvalue weighted by Crippen LogP contribution is 2.37. The van der Waals surface area contributed by atoms with Gasteiger partial charge in [-0.05, 0) is 72.4 Å². The van der Waals surface area contributed by atoms with Crippen molar-refractivity contribution < 1.29 is 19.0 Å². The number of methoxy groups -OCH3 is 1. The zero-order valence-corrected chi connectivity index (χ0v) is 23.2. The number of ether oxygens (including phenoxy) is 1. The maximum absolute atomic E-state index is 15.3. The quantitative estimate of drug-likeness (QED) is 0.284. The summed E-state index contributed by atoms with van der Waals surface area (Å²) in [6, 6.07) is 14.5. The lowest BCUT2D eigenvalue weighted by molar-refractivity contribution is 0.102. The first-order valence-electron chi connectivity index (χ1n) is 12.9. The van der Waals surface area contributed by atoms with E-state index in [1.54, 1.807) is 6.07 Å². The summed E-state index contributed by atoms with van der Waals surface area (Å²) in [5, 5.41) is 15.2. The fourth-order valence-electron chi connectivity index (χ4n) is 4.62. The van der Waals surface area contributed by atoms with Crippen LogP contribution < -0.4 is 20.9 Å². The third-order valence-corrected chi connectivity index (χ3v) is 7.03. The van der Waals surface area contributed by atoms with E-state index in [0.29, 0.717) is 22.6 Å². The summed E-state index contributed by atoms with van der Waals surface area (Å²) in [6.07, 6.45) is 2.61. The zero-order chi connectivity index (χ0) is 29.0. The second kappa shape index (κ2) is 12.2. The number of aliphatic hydroxyl groups is 1. The molecule has 1 amide bonds. The molecule has 1 unspecified atom stereocenters. The van der Waals surface area contributed by atoms with Crippen LogP contribution in [-0.2, 0) is 13.6 Å². The maximum Gasteiger partial charge on any atom is 0.265 e. The van der Waals surface area contributed by atoms with Crippen LogP contribution in [0.3, 0.4) is 0 Å². The van der Waals surface area contributed by atoms with E-state index in [0.717, 1.165) is 27.8 Å². The van der Waals surface area contributed by atoms with Crippen LogP contribution in [0.15, 0.2) is 65.8 Å². The van der Waals surface area contributed by atoms with Gasteiger partial charge in [0.15, 0.2) is 0 Å². The molecule has 0 fully saturated rings. The monoisotopic (exact) mass is 544 g/mol. The SMILES string of the molecule is COc1cc(-c2cccc(-c3cccc(NC(=O)c4cncn(C)c4=O)c3C)c2C)cc(F)c1CNC(C)CO. The lowest BCUT2D eigenvalue weighted by atomic mass is 9.90. The van der Waals surface area contributed by atoms with Crippen LogP contribution in [0.1, 0.15) is 34.0 Å². The molecule has 0 aliphatic rings. The number of benzene rings is 3. The van der Waals surface area contributed by atoms with Gasteiger partial charge in [0.2, 0.25) is 0 Å². The predicted molar refractivity (Wildman–Crippen MR) is 154 cm³/mol. The number of halogens is 1. The van der Waals surface area contributed by atoms with E-state index in [-0.39, 0.29) is 24.8 Å². The minimum absolute atomic E-state index is 0.0478. The minimum atomic E-state index is -0.537. The lowest BCUT2D eigenvalue weighted by Gasteiger charge is -2.18. The molecule has 4 rings (SSSR count). The average Bonchev–Trinajstić information content (AvgIpc) is 2.94. The number of carbonyl (C=O) groups excluding carboxylic acids is 1. The van der Waals surface area contributed by atoms with Gasteiger partial charge in [0, 0.05) is 37.1 Å². The Bertz CT molecular complexity index is 1620. The molecule has 9 heteroatoms. The summed E-state index contributed by atoms with van der Waals surface area (Å²) in [7, 11) is 3.04. The Balaban J connectivity index is 1.70. The molecule has 0 bridgehead atoms. The number of anilines is 1. The standard InChI is InChI=1S/C31H33FN4O4/c1-18(16-37)34-15-25-27(32)12-21(13-29(25)40-5)22-8-6-9-23(19(22)2)24-10-7-11-28(20(24)3)35-30(38)26-14-33-17-36(4)31(26)39/h6-14,17-18,34,37H,15-16H2,1-5H3,(H,35,38). The van der Waals surface area contributed by atoms with E-state index < -0.39 is 17.3 Å². The largest absolute Gasteiger partial charge is 0.496 e. The molecule has 0 spiro atoms. The Kier molecular flexibility index (Phi) is 8.77. The van der Waals surface area contributed by atoms with Gasteiger partial charge in [-0.1, -0.05) is 30.3 Å². The first-order chi connectivity index (χ1) is 19.2. The molecule has 0 aliphatic heterocycles. The summed E-state index contributed by atoms with van der Waals surface area (Å²) >= 11 is 0. The molecule has 3 N–H and O–H groups in total. The van der Waals surface area contributed by atoms with Crippen molar-refractivity contribution in [1.82, 2.24) is 14.9 Å². The topological polar surface area (TPSA) is 105 Å². The predicted octanol–water partition coefficient (Wildman–Crippen LogP) is 4.60. The number of hydrogen-bond donors (Lipinski definition) is 3. The van der Waals surface area contributed by atoms with E-state index in [4.69, 9.17) is 4.74 Å². The van der Waals surface area contributed by atoms with Gasteiger partial charge < -0.3 is 25.0 Å². The van der Waals surface area contributed by atoms with Crippen LogP contribution in [0.2, 0.25) is 0 Å². The van der Waals surface area contributed by atoms with Crippen LogP contribution in [0.4, 0.5) is 10.1 Å². The molecule has 208 valence electrons. The summed E-state index contributed by atoms with van der Waals surface area (Å²) in [4.78, 5) is 29.2. The summed E-state index contributed by atoms with van der Waals surface area (Å²) < 4.78 is 22.0. The van der Waals surface area contributed by atoms with E-state index >= 15 is 4.39 Å². The fourth-order valence-corrected chi connectivity index (χ4v) is 4.62. The van der Waals surface area contributed by atoms with Gasteiger partial charge in [0.25, 0.3) is 11.5 Å². The lowest BCUT2D eigenvalue weighted by Crippen LogP contribution is -2.29. The van der Waals surface area contributed by atoms with Gasteiger partial charge in [0.05, 0.1) is 20.0 Å². The van der Waals surface area contributed by atoms with Gasteiger partial charge in [-0.3, -0.25) is 9.59 Å². The number of nitrogens with zero attached hydrogens (tertiary/aromatic N) is 2. The van der Waals surface area contributed by atoms with Crippen LogP contribution >= 0.6 is 0 Å². The third kappa shape index (κ3) is 5.80. The number of aryl methyl sites for hydroxylation is 1. The number of carbonyl (C=O) groups is 1. The summed E-state index contributed by atoms with van der Waals surface area (Å²) in [5.41, 5.74) is 5.55. The molecule has 0 saturated heterocycles. The molecular formula is C31H33FN4O4. The van der Waals surface area contributed by atoms with Gasteiger partial charge in [-0.25, -0.2) is 9.37 Å². The van der Waals surface area contributed by atoms with Crippen molar-refractivity contribution in [2.24, 2.45) is 7.05 Å². The molecule has 4 aromatic rings. The van der Waals surface area contributed by atoms with Crippen LogP contribution in [0.25, 0.3) is 22.3 Å². The van der Waals surface area contributed by atoms with E-state index in [9.17, 15) is 14.7 Å². The minimum Gasteiger partial charge on any atom is -0.496 e. The van der Waals surface area contributed by atoms with Crippen LogP contribution in [0, 0.1) is 19.7 Å². The van der Waals surface area contributed by atoms with Crippen molar-refractivity contribution in [3.05, 3.63) is 99.5 Å². The number of aromatic nitrogens is 2. The Labute approximate surface area is 232 Å². The molecule has 8 nitrogen and oxygen atoms in total. The first kappa shape index (κ1) is 28.7. The van der Waals surface area contributed by atoms with Gasteiger partial charge in [-0.2, -0.15) is 0 Å². The molecule has 3 aromatic carbocycles. The van der Waals surface area contributed by atoms with Crippen LogP contribution in [0.5, 0.6) is 5.75 Å². The Morgan fingerprint density at radius 3 is 2.48 bits per heavy atom. The average molecular weight is 545 g/mol. The number of aliphatic hydroxyl groups excluding tert-OH is 1. The molecule has 1 atom stereocenters. The number of amides is 1. The van der Waals surface area contributed by atoms with Crippen molar-refractivity contribution in [2.75, 3.05) is 19.0 Å². The number of rotatable bonds is 9. The second-order valence-corrected chi connectivity index (χ2v) is 9.74. The normalized spacial score (nSPS) is 11.8. The summed E-state index contributed by atoms with van der Waals surface area (Å²) in [6.45, 7) is 5.85. The highest BCUT2D eigenvalue weighted by Gasteiger charge is 2.18. The van der Waals surface area contributed by atoms with Crippen molar-refractivity contribution in [3.63, 3.8) is 0 Å². The Morgan fingerprint density at radius 2 is 1.77 bits per heavy atom. The van der Waals surface area contributed by atoms with Crippen molar-refractivity contribution in [2.45, 2.75) is 33.4 Å². The molecular weight excluding hydrogens is 511 g/mol. The van der Waals surface area contributed by atoms with E-state index in [1.165, 1.54) is 37.3 Å². The molecule has 0 radical (unpaired) electrons. The van der Waals surface area contributed by atoms with Crippen molar-refractivity contribution in [3.8, 4) is 28.0 Å². The molecule has 1 aromatic heterocycles. The number of nitrogens with one attached hydrogen (secondary N) is 2. The maximum atomic E-state index is 15.3. The van der Waals surface area contributed by atoms with Gasteiger partial charge in [0.1, 0.15) is 17.1 Å². The van der Waals surface area contributed by atoms with Crippen LogP contribution in [-0.4, -0.2) is 40.3 Å². The molecule has 0 saturated carbocycles. The third-order valence-electron chi connectivity index (χ3n) is 7.03. The molecule has 1 heterocycles. The van der Waals surface area contributed by atoms with Gasteiger partial charge >= 0.3 is 0 Å². The van der Waals surface area contributed by atoms with E-state index in [1.807, 2.05) is 57.2 Å². The Hall–Kier alpha value is -4.34. The molecule has 0 aliphatic carbocycles. The van der Waals surface area contributed by atoms with Gasteiger partial charge in [-0.15, -0.1) is 0 Å². The molecule has 40 heavy (non-hydrogen) atoms. The number of hydrogen-bond acceptors (Lipinski definition) is 6. The zero-order valence-electron chi connectivity index (χ0n) is 23.2.